The van der Waals surface area contributed by atoms with Crippen LogP contribution in [0, 0.1) is 0 Å². The molecule has 0 aliphatic carbocycles. The minimum Gasteiger partial charge on any atom is -0.490 e. The second-order valence-corrected chi connectivity index (χ2v) is 7.15. The summed E-state index contributed by atoms with van der Waals surface area (Å²) in [5.41, 5.74) is 0.457. The molecule has 4 rings (SSSR count). The third-order valence-corrected chi connectivity index (χ3v) is 4.66. The number of imide groups is 2. The van der Waals surface area contributed by atoms with E-state index in [1.54, 1.807) is 12.1 Å². The first-order valence-corrected chi connectivity index (χ1v) is 9.53. The third kappa shape index (κ3) is 3.69. The highest BCUT2D eigenvalue weighted by molar-refractivity contribution is 6.31. The van der Waals surface area contributed by atoms with E-state index in [2.05, 4.69) is 5.32 Å². The summed E-state index contributed by atoms with van der Waals surface area (Å²) >= 11 is 0. The number of ether oxygens (including phenoxy) is 1. The number of carbonyl (C=O) groups is 3. The van der Waals surface area contributed by atoms with Gasteiger partial charge < -0.3 is 9.15 Å². The lowest BCUT2D eigenvalue weighted by atomic mass is 9.99. The Bertz CT molecular complexity index is 1160. The molecule has 1 fully saturated rings. The number of nitrogens with one attached hydrogen (secondary N) is 1. The van der Waals surface area contributed by atoms with Crippen molar-refractivity contribution in [1.29, 1.82) is 0 Å². The van der Waals surface area contributed by atoms with Crippen molar-refractivity contribution in [3.63, 3.8) is 0 Å². The van der Waals surface area contributed by atoms with Crippen LogP contribution in [-0.4, -0.2) is 28.8 Å². The Hall–Kier alpha value is -3.87. The van der Waals surface area contributed by atoms with E-state index in [0.29, 0.717) is 17.1 Å². The molecule has 7 nitrogen and oxygen atoms in total. The summed E-state index contributed by atoms with van der Waals surface area (Å²) in [6, 6.07) is 13.9. The van der Waals surface area contributed by atoms with Crippen molar-refractivity contribution in [1.82, 2.24) is 10.2 Å². The summed E-state index contributed by atoms with van der Waals surface area (Å²) in [6.45, 7) is 3.72. The molecule has 1 aliphatic rings. The van der Waals surface area contributed by atoms with Gasteiger partial charge in [-0.15, -0.1) is 0 Å². The first kappa shape index (κ1) is 19.4. The maximum atomic E-state index is 13.0. The van der Waals surface area contributed by atoms with Crippen LogP contribution in [-0.2, 0) is 16.1 Å². The fraction of sp³-hybridized carbons (Fsp3) is 0.174. The summed E-state index contributed by atoms with van der Waals surface area (Å²) in [5, 5.41) is 4.00. The molecular formula is C23H20N2O5. The summed E-state index contributed by atoms with van der Waals surface area (Å²) in [7, 11) is 0. The molecule has 2 aromatic carbocycles. The molecule has 1 aliphatic heterocycles. The van der Waals surface area contributed by atoms with Gasteiger partial charge in [-0.2, -0.15) is 0 Å². The van der Waals surface area contributed by atoms with Crippen molar-refractivity contribution in [2.45, 2.75) is 26.5 Å². The zero-order valence-electron chi connectivity index (χ0n) is 16.5. The number of amides is 4. The van der Waals surface area contributed by atoms with Crippen LogP contribution in [0.5, 0.6) is 5.75 Å². The van der Waals surface area contributed by atoms with Gasteiger partial charge in [0.05, 0.1) is 18.9 Å². The van der Waals surface area contributed by atoms with Gasteiger partial charge in [0.1, 0.15) is 17.1 Å². The van der Waals surface area contributed by atoms with Crippen molar-refractivity contribution < 1.29 is 23.5 Å². The van der Waals surface area contributed by atoms with E-state index in [0.717, 1.165) is 15.7 Å². The van der Waals surface area contributed by atoms with Crippen molar-refractivity contribution >= 4 is 34.7 Å². The Morgan fingerprint density at radius 2 is 1.87 bits per heavy atom. The van der Waals surface area contributed by atoms with Crippen LogP contribution in [0.2, 0.25) is 0 Å². The molecule has 152 valence electrons. The molecule has 2 heterocycles. The Morgan fingerprint density at radius 3 is 2.60 bits per heavy atom. The minimum absolute atomic E-state index is 0.0762. The lowest BCUT2D eigenvalue weighted by Crippen LogP contribution is -2.53. The standard InChI is InChI=1S/C23H20N2O5/c1-14(2)30-20-10-9-15-6-3-4-8-17(15)18(20)12-19-21(26)24-23(28)25(22(19)27)13-16-7-5-11-29-16/h3-12,14H,13H2,1-2H3,(H,24,26,28)/b19-12+. The molecule has 1 N–H and O–H groups in total. The number of furan rings is 1. The van der Waals surface area contributed by atoms with Crippen LogP contribution < -0.4 is 10.1 Å². The van der Waals surface area contributed by atoms with E-state index >= 15 is 0 Å². The van der Waals surface area contributed by atoms with Gasteiger partial charge in [0.25, 0.3) is 11.8 Å². The van der Waals surface area contributed by atoms with Gasteiger partial charge in [-0.05, 0) is 48.9 Å². The van der Waals surface area contributed by atoms with E-state index in [1.807, 2.05) is 50.2 Å². The van der Waals surface area contributed by atoms with Crippen LogP contribution in [0.15, 0.2) is 64.8 Å². The van der Waals surface area contributed by atoms with E-state index in [4.69, 9.17) is 9.15 Å². The molecular weight excluding hydrogens is 384 g/mol. The Morgan fingerprint density at radius 1 is 1.07 bits per heavy atom. The van der Waals surface area contributed by atoms with Crippen molar-refractivity contribution in [2.24, 2.45) is 0 Å². The van der Waals surface area contributed by atoms with Crippen LogP contribution in [0.3, 0.4) is 0 Å². The minimum atomic E-state index is -0.782. The number of carbonyl (C=O) groups excluding carboxylic acids is 3. The highest BCUT2D eigenvalue weighted by Gasteiger charge is 2.36. The van der Waals surface area contributed by atoms with Gasteiger partial charge in [-0.25, -0.2) is 4.79 Å². The average Bonchev–Trinajstić information content (AvgIpc) is 3.22. The van der Waals surface area contributed by atoms with Crippen LogP contribution >= 0.6 is 0 Å². The second-order valence-electron chi connectivity index (χ2n) is 7.15. The molecule has 30 heavy (non-hydrogen) atoms. The maximum Gasteiger partial charge on any atom is 0.331 e. The van der Waals surface area contributed by atoms with Crippen LogP contribution in [0.4, 0.5) is 4.79 Å². The lowest BCUT2D eigenvalue weighted by molar-refractivity contribution is -0.130. The third-order valence-electron chi connectivity index (χ3n) is 4.66. The summed E-state index contributed by atoms with van der Waals surface area (Å²) < 4.78 is 11.2. The zero-order chi connectivity index (χ0) is 21.3. The van der Waals surface area contributed by atoms with Gasteiger partial charge >= 0.3 is 6.03 Å². The number of rotatable bonds is 5. The first-order chi connectivity index (χ1) is 14.4. The molecule has 0 bridgehead atoms. The molecule has 4 amide bonds. The Kier molecular flexibility index (Phi) is 5.10. The maximum absolute atomic E-state index is 13.0. The second kappa shape index (κ2) is 7.87. The summed E-state index contributed by atoms with van der Waals surface area (Å²) in [4.78, 5) is 38.8. The predicted molar refractivity (Wildman–Crippen MR) is 110 cm³/mol. The van der Waals surface area contributed by atoms with Gasteiger partial charge in [0.15, 0.2) is 0 Å². The number of fused-ring (bicyclic) bond motifs is 1. The fourth-order valence-electron chi connectivity index (χ4n) is 3.32. The van der Waals surface area contributed by atoms with E-state index in [9.17, 15) is 14.4 Å². The predicted octanol–water partition coefficient (Wildman–Crippen LogP) is 3.88. The fourth-order valence-corrected chi connectivity index (χ4v) is 3.32. The molecule has 0 spiro atoms. The number of benzene rings is 2. The lowest BCUT2D eigenvalue weighted by Gasteiger charge is -2.26. The highest BCUT2D eigenvalue weighted by Crippen LogP contribution is 2.32. The number of hydrogen-bond acceptors (Lipinski definition) is 5. The van der Waals surface area contributed by atoms with Crippen LogP contribution in [0.25, 0.3) is 16.8 Å². The molecule has 7 heteroatoms. The Balaban J connectivity index is 1.81. The molecule has 0 atom stereocenters. The van der Waals surface area contributed by atoms with E-state index in [-0.39, 0.29) is 18.2 Å². The average molecular weight is 404 g/mol. The molecule has 0 radical (unpaired) electrons. The van der Waals surface area contributed by atoms with Gasteiger partial charge in [-0.3, -0.25) is 19.8 Å². The monoisotopic (exact) mass is 404 g/mol. The summed E-state index contributed by atoms with van der Waals surface area (Å²) in [5.74, 6) is -0.458. The molecule has 0 saturated carbocycles. The van der Waals surface area contributed by atoms with Crippen LogP contribution in [0.1, 0.15) is 25.2 Å². The summed E-state index contributed by atoms with van der Waals surface area (Å²) in [6.07, 6.45) is 2.84. The largest absolute Gasteiger partial charge is 0.490 e. The first-order valence-electron chi connectivity index (χ1n) is 9.53. The molecule has 1 aromatic heterocycles. The number of hydrogen-bond donors (Lipinski definition) is 1. The van der Waals surface area contributed by atoms with Crippen molar-refractivity contribution in [2.75, 3.05) is 0 Å². The van der Waals surface area contributed by atoms with Gasteiger partial charge in [-0.1, -0.05) is 30.3 Å². The number of nitrogens with zero attached hydrogens (tertiary/aromatic N) is 1. The normalized spacial score (nSPS) is 15.9. The highest BCUT2D eigenvalue weighted by atomic mass is 16.5. The van der Waals surface area contributed by atoms with Crippen molar-refractivity contribution in [3.8, 4) is 5.75 Å². The zero-order valence-corrected chi connectivity index (χ0v) is 16.5. The molecule has 3 aromatic rings. The molecule has 0 unspecified atom stereocenters. The van der Waals surface area contributed by atoms with Gasteiger partial charge in [0.2, 0.25) is 0 Å². The van der Waals surface area contributed by atoms with E-state index in [1.165, 1.54) is 12.3 Å². The van der Waals surface area contributed by atoms with E-state index < -0.39 is 17.8 Å². The number of barbiturate groups is 1. The van der Waals surface area contributed by atoms with Crippen molar-refractivity contribution in [3.05, 3.63) is 71.7 Å². The smallest absolute Gasteiger partial charge is 0.331 e. The quantitative estimate of drug-likeness (QED) is 0.515. The topological polar surface area (TPSA) is 88.8 Å². The molecule has 1 saturated heterocycles. The number of urea groups is 1. The van der Waals surface area contributed by atoms with Gasteiger partial charge in [0, 0.05) is 5.56 Å². The Labute approximate surface area is 172 Å². The SMILES string of the molecule is CC(C)Oc1ccc2ccccc2c1/C=C1\C(=O)NC(=O)N(Cc2ccco2)C1=O.